The Hall–Kier alpha value is -3.50. The largest absolute Gasteiger partial charge is 0.497 e. The van der Waals surface area contributed by atoms with Crippen molar-refractivity contribution in [3.05, 3.63) is 101 Å². The monoisotopic (exact) mass is 413 g/mol. The van der Waals surface area contributed by atoms with Crippen molar-refractivity contribution in [3.63, 3.8) is 0 Å². The van der Waals surface area contributed by atoms with Gasteiger partial charge in [-0.1, -0.05) is 54.6 Å². The Kier molecular flexibility index (Phi) is 4.57. The zero-order valence-corrected chi connectivity index (χ0v) is 17.3. The standard InChI is InChI=1S/C25H20ClN3O/c1-17-25-27-22-5-3-4-6-23(22)29(25)16-24(19-9-11-20(26)12-10-19)28(17)15-18-7-13-21(30-2)14-8-18/h3-14,16H,1,15H2,2H3. The van der Waals surface area contributed by atoms with Crippen molar-refractivity contribution < 1.29 is 4.74 Å². The third-order valence-corrected chi connectivity index (χ3v) is 5.61. The molecule has 148 valence electrons. The first kappa shape index (κ1) is 18.5. The smallest absolute Gasteiger partial charge is 0.161 e. The van der Waals surface area contributed by atoms with E-state index in [9.17, 15) is 0 Å². The quantitative estimate of drug-likeness (QED) is 0.402. The Bertz CT molecular complexity index is 1270. The van der Waals surface area contributed by atoms with E-state index in [0.29, 0.717) is 11.6 Å². The molecule has 3 aromatic carbocycles. The zero-order chi connectivity index (χ0) is 20.7. The van der Waals surface area contributed by atoms with Crippen LogP contribution in [0.2, 0.25) is 5.02 Å². The third kappa shape index (κ3) is 3.15. The van der Waals surface area contributed by atoms with Crippen LogP contribution in [0.25, 0.3) is 28.6 Å². The van der Waals surface area contributed by atoms with Gasteiger partial charge >= 0.3 is 0 Å². The number of hydrogen-bond acceptors (Lipinski definition) is 3. The highest BCUT2D eigenvalue weighted by Crippen LogP contribution is 2.37. The molecule has 1 aliphatic heterocycles. The molecule has 0 unspecified atom stereocenters. The molecule has 0 saturated heterocycles. The van der Waals surface area contributed by atoms with Gasteiger partial charge in [0.05, 0.1) is 29.5 Å². The van der Waals surface area contributed by atoms with Crippen LogP contribution in [0, 0.1) is 0 Å². The lowest BCUT2D eigenvalue weighted by Gasteiger charge is -2.33. The molecule has 0 bridgehead atoms. The molecule has 5 heteroatoms. The average Bonchev–Trinajstić information content (AvgIpc) is 3.16. The maximum absolute atomic E-state index is 6.14. The maximum Gasteiger partial charge on any atom is 0.161 e. The van der Waals surface area contributed by atoms with Crippen molar-refractivity contribution in [3.8, 4) is 5.75 Å². The van der Waals surface area contributed by atoms with Gasteiger partial charge in [0.25, 0.3) is 0 Å². The number of imidazole rings is 1. The molecule has 1 aromatic heterocycles. The van der Waals surface area contributed by atoms with Gasteiger partial charge in [0.1, 0.15) is 5.75 Å². The highest BCUT2D eigenvalue weighted by Gasteiger charge is 2.26. The fraction of sp³-hybridized carbons (Fsp3) is 0.0800. The number of hydrogen-bond donors (Lipinski definition) is 0. The molecule has 4 nitrogen and oxygen atoms in total. The lowest BCUT2D eigenvalue weighted by atomic mass is 10.1. The van der Waals surface area contributed by atoms with Gasteiger partial charge in [0, 0.05) is 17.8 Å². The number of methoxy groups -OCH3 is 1. The van der Waals surface area contributed by atoms with Gasteiger partial charge in [0.15, 0.2) is 5.82 Å². The highest BCUT2D eigenvalue weighted by atomic mass is 35.5. The van der Waals surface area contributed by atoms with E-state index in [1.807, 2.05) is 54.6 Å². The first-order chi connectivity index (χ1) is 14.6. The minimum atomic E-state index is 0.667. The number of benzene rings is 3. The minimum Gasteiger partial charge on any atom is -0.497 e. The molecule has 0 aliphatic carbocycles. The SMILES string of the molecule is C=C1c2nc3ccccc3n2C=C(c2ccc(Cl)cc2)N1Cc1ccc(OC)cc1. The van der Waals surface area contributed by atoms with Crippen LogP contribution in [0.1, 0.15) is 17.0 Å². The molecule has 1 aliphatic rings. The van der Waals surface area contributed by atoms with E-state index in [1.165, 1.54) is 0 Å². The highest BCUT2D eigenvalue weighted by molar-refractivity contribution is 6.30. The topological polar surface area (TPSA) is 30.3 Å². The Morgan fingerprint density at radius 2 is 1.70 bits per heavy atom. The van der Waals surface area contributed by atoms with E-state index in [0.717, 1.165) is 45.1 Å². The van der Waals surface area contributed by atoms with Crippen molar-refractivity contribution in [2.75, 3.05) is 7.11 Å². The fourth-order valence-electron chi connectivity index (χ4n) is 3.78. The van der Waals surface area contributed by atoms with Gasteiger partial charge in [0.2, 0.25) is 0 Å². The average molecular weight is 414 g/mol. The van der Waals surface area contributed by atoms with E-state index < -0.39 is 0 Å². The summed E-state index contributed by atoms with van der Waals surface area (Å²) in [7, 11) is 1.67. The first-order valence-electron chi connectivity index (χ1n) is 9.68. The molecule has 0 radical (unpaired) electrons. The molecule has 0 atom stereocenters. The maximum atomic E-state index is 6.14. The molecule has 30 heavy (non-hydrogen) atoms. The van der Waals surface area contributed by atoms with Crippen LogP contribution < -0.4 is 4.74 Å². The molecular formula is C25H20ClN3O. The second-order valence-corrected chi connectivity index (χ2v) is 7.63. The summed E-state index contributed by atoms with van der Waals surface area (Å²) in [5.41, 5.74) is 6.13. The number of nitrogens with zero attached hydrogens (tertiary/aromatic N) is 3. The van der Waals surface area contributed by atoms with Crippen LogP contribution in [-0.4, -0.2) is 21.6 Å². The lowest BCUT2D eigenvalue weighted by molar-refractivity contribution is 0.414. The predicted octanol–water partition coefficient (Wildman–Crippen LogP) is 6.14. The van der Waals surface area contributed by atoms with Crippen molar-refractivity contribution in [2.45, 2.75) is 6.54 Å². The zero-order valence-electron chi connectivity index (χ0n) is 16.5. The van der Waals surface area contributed by atoms with Gasteiger partial charge in [-0.25, -0.2) is 4.98 Å². The first-order valence-corrected chi connectivity index (χ1v) is 10.1. The summed E-state index contributed by atoms with van der Waals surface area (Å²) < 4.78 is 7.41. The molecule has 0 saturated carbocycles. The number of fused-ring (bicyclic) bond motifs is 3. The summed E-state index contributed by atoms with van der Waals surface area (Å²) in [6, 6.07) is 24.1. The number of para-hydroxylation sites is 2. The normalized spacial score (nSPS) is 13.3. The van der Waals surface area contributed by atoms with Crippen LogP contribution in [-0.2, 0) is 6.54 Å². The molecule has 5 rings (SSSR count). The molecule has 0 spiro atoms. The van der Waals surface area contributed by atoms with Crippen molar-refractivity contribution in [1.29, 1.82) is 0 Å². The van der Waals surface area contributed by atoms with E-state index in [4.69, 9.17) is 21.3 Å². The fourth-order valence-corrected chi connectivity index (χ4v) is 3.91. The second-order valence-electron chi connectivity index (χ2n) is 7.20. The molecule has 2 heterocycles. The van der Waals surface area contributed by atoms with E-state index in [1.54, 1.807) is 7.11 Å². The van der Waals surface area contributed by atoms with E-state index in [2.05, 4.69) is 40.4 Å². The number of ether oxygens (including phenoxy) is 1. The van der Waals surface area contributed by atoms with Crippen LogP contribution in [0.3, 0.4) is 0 Å². The molecule has 4 aromatic rings. The van der Waals surface area contributed by atoms with Crippen LogP contribution in [0.15, 0.2) is 79.4 Å². The summed E-state index contributed by atoms with van der Waals surface area (Å²) in [5, 5.41) is 0.712. The number of aromatic nitrogens is 2. The predicted molar refractivity (Wildman–Crippen MR) is 123 cm³/mol. The lowest BCUT2D eigenvalue weighted by Crippen LogP contribution is -2.25. The summed E-state index contributed by atoms with van der Waals surface area (Å²) in [4.78, 5) is 7.03. The summed E-state index contributed by atoms with van der Waals surface area (Å²) >= 11 is 6.14. The van der Waals surface area contributed by atoms with Gasteiger partial charge in [-0.15, -0.1) is 0 Å². The summed E-state index contributed by atoms with van der Waals surface area (Å²) in [5.74, 6) is 1.69. The Morgan fingerprint density at radius 1 is 0.967 bits per heavy atom. The van der Waals surface area contributed by atoms with Crippen molar-refractivity contribution in [2.24, 2.45) is 0 Å². The van der Waals surface area contributed by atoms with Gasteiger partial charge in [-0.05, 0) is 47.5 Å². The van der Waals surface area contributed by atoms with Crippen LogP contribution in [0.5, 0.6) is 5.75 Å². The van der Waals surface area contributed by atoms with E-state index >= 15 is 0 Å². The van der Waals surface area contributed by atoms with Crippen LogP contribution >= 0.6 is 11.6 Å². The molecular weight excluding hydrogens is 394 g/mol. The third-order valence-electron chi connectivity index (χ3n) is 5.36. The van der Waals surface area contributed by atoms with Gasteiger partial charge < -0.3 is 9.64 Å². The summed E-state index contributed by atoms with van der Waals surface area (Å²) in [6.45, 7) is 5.07. The van der Waals surface area contributed by atoms with Gasteiger partial charge in [-0.2, -0.15) is 0 Å². The van der Waals surface area contributed by atoms with Crippen molar-refractivity contribution in [1.82, 2.24) is 14.5 Å². The van der Waals surface area contributed by atoms with Gasteiger partial charge in [-0.3, -0.25) is 4.57 Å². The van der Waals surface area contributed by atoms with E-state index in [-0.39, 0.29) is 0 Å². The summed E-state index contributed by atoms with van der Waals surface area (Å²) in [6.07, 6.45) is 2.13. The Balaban J connectivity index is 1.64. The molecule has 0 fully saturated rings. The van der Waals surface area contributed by atoms with Crippen LogP contribution in [0.4, 0.5) is 0 Å². The molecule has 0 amide bonds. The second kappa shape index (κ2) is 7.39. The minimum absolute atomic E-state index is 0.667. The van der Waals surface area contributed by atoms with Crippen molar-refractivity contribution >= 4 is 40.2 Å². The Morgan fingerprint density at radius 3 is 2.43 bits per heavy atom. The molecule has 0 N–H and O–H groups in total. The number of halogens is 1. The number of rotatable bonds is 4. The Labute approximate surface area is 180 Å².